The molecule has 1 rings (SSSR count). The Kier molecular flexibility index (Phi) is 6.86. The van der Waals surface area contributed by atoms with Gasteiger partial charge in [0.05, 0.1) is 6.61 Å². The Hall–Kier alpha value is -0.860. The number of unbranched alkanes of at least 4 members (excludes halogenated alkanes) is 1. The lowest BCUT2D eigenvalue weighted by molar-refractivity contribution is -0.130. The van der Waals surface area contributed by atoms with E-state index in [2.05, 4.69) is 31.2 Å². The molecule has 0 aromatic heterocycles. The summed E-state index contributed by atoms with van der Waals surface area (Å²) in [6.45, 7) is 5.63. The highest BCUT2D eigenvalue weighted by Crippen LogP contribution is 2.02. The molecule has 0 fully saturated rings. The van der Waals surface area contributed by atoms with Gasteiger partial charge in [-0.15, -0.1) is 0 Å². The Labute approximate surface area is 98.6 Å². The van der Waals surface area contributed by atoms with E-state index in [1.807, 2.05) is 13.0 Å². The molecule has 0 unspecified atom stereocenters. The van der Waals surface area contributed by atoms with Crippen LogP contribution in [0.5, 0.6) is 0 Å². The highest BCUT2D eigenvalue weighted by Gasteiger charge is 2.01. The zero-order chi connectivity index (χ0) is 11.6. The zero-order valence-electron chi connectivity index (χ0n) is 10.3. The first kappa shape index (κ1) is 13.2. The number of hydrogen-bond acceptors (Lipinski definition) is 2. The van der Waals surface area contributed by atoms with E-state index in [0.717, 1.165) is 32.5 Å². The van der Waals surface area contributed by atoms with Crippen LogP contribution in [0.15, 0.2) is 30.3 Å². The topological polar surface area (TPSA) is 18.5 Å². The van der Waals surface area contributed by atoms with Crippen LogP contribution >= 0.6 is 0 Å². The Bertz CT molecular complexity index is 259. The van der Waals surface area contributed by atoms with Crippen LogP contribution in [0.2, 0.25) is 0 Å². The second-order valence-corrected chi connectivity index (χ2v) is 3.90. The highest BCUT2D eigenvalue weighted by molar-refractivity contribution is 5.14. The van der Waals surface area contributed by atoms with Crippen LogP contribution in [0.25, 0.3) is 0 Å². The molecular formula is C14H22O2. The Balaban J connectivity index is 2.06. The SMILES string of the molecule is CCCCO[C@H](C)OCCc1ccccc1. The lowest BCUT2D eigenvalue weighted by atomic mass is 10.2. The van der Waals surface area contributed by atoms with Crippen molar-refractivity contribution in [1.82, 2.24) is 0 Å². The van der Waals surface area contributed by atoms with Crippen molar-refractivity contribution < 1.29 is 9.47 Å². The molecule has 16 heavy (non-hydrogen) atoms. The zero-order valence-corrected chi connectivity index (χ0v) is 10.3. The molecule has 0 spiro atoms. The van der Waals surface area contributed by atoms with Gasteiger partial charge in [-0.1, -0.05) is 43.7 Å². The highest BCUT2D eigenvalue weighted by atomic mass is 16.7. The summed E-state index contributed by atoms with van der Waals surface area (Å²) in [7, 11) is 0. The van der Waals surface area contributed by atoms with Gasteiger partial charge in [0, 0.05) is 6.61 Å². The molecule has 90 valence electrons. The number of ether oxygens (including phenoxy) is 2. The molecule has 1 atom stereocenters. The number of rotatable bonds is 8. The standard InChI is InChI=1S/C14H22O2/c1-3-4-11-15-13(2)16-12-10-14-8-6-5-7-9-14/h5-9,13H,3-4,10-12H2,1-2H3/t13-/m0/s1. The van der Waals surface area contributed by atoms with Crippen LogP contribution in [0.3, 0.4) is 0 Å². The van der Waals surface area contributed by atoms with Crippen molar-refractivity contribution >= 4 is 0 Å². The second-order valence-electron chi connectivity index (χ2n) is 3.90. The van der Waals surface area contributed by atoms with Gasteiger partial charge in [-0.05, 0) is 25.3 Å². The average molecular weight is 222 g/mol. The maximum Gasteiger partial charge on any atom is 0.154 e. The lowest BCUT2D eigenvalue weighted by Crippen LogP contribution is -2.15. The maximum atomic E-state index is 5.57. The van der Waals surface area contributed by atoms with Gasteiger partial charge in [0.1, 0.15) is 0 Å². The van der Waals surface area contributed by atoms with E-state index in [0.29, 0.717) is 0 Å². The van der Waals surface area contributed by atoms with Crippen LogP contribution in [-0.4, -0.2) is 19.5 Å². The third-order valence-electron chi connectivity index (χ3n) is 2.44. The fourth-order valence-corrected chi connectivity index (χ4v) is 1.43. The molecule has 0 radical (unpaired) electrons. The Morgan fingerprint density at radius 1 is 1.06 bits per heavy atom. The summed E-state index contributed by atoms with van der Waals surface area (Å²) in [5.41, 5.74) is 1.31. The molecular weight excluding hydrogens is 200 g/mol. The Morgan fingerprint density at radius 2 is 1.75 bits per heavy atom. The lowest BCUT2D eigenvalue weighted by Gasteiger charge is -2.13. The summed E-state index contributed by atoms with van der Waals surface area (Å²) in [4.78, 5) is 0. The fourth-order valence-electron chi connectivity index (χ4n) is 1.43. The molecule has 1 aromatic carbocycles. The minimum atomic E-state index is -0.0877. The normalized spacial score (nSPS) is 12.6. The molecule has 0 bridgehead atoms. The Morgan fingerprint density at radius 3 is 2.44 bits per heavy atom. The quantitative estimate of drug-likeness (QED) is 0.495. The fraction of sp³-hybridized carbons (Fsp3) is 0.571. The molecule has 0 amide bonds. The van der Waals surface area contributed by atoms with E-state index >= 15 is 0 Å². The smallest absolute Gasteiger partial charge is 0.154 e. The molecule has 1 aromatic rings. The van der Waals surface area contributed by atoms with E-state index in [-0.39, 0.29) is 6.29 Å². The van der Waals surface area contributed by atoms with Crippen LogP contribution < -0.4 is 0 Å². The predicted octanol–water partition coefficient (Wildman–Crippen LogP) is 3.41. The van der Waals surface area contributed by atoms with Gasteiger partial charge < -0.3 is 9.47 Å². The molecule has 0 N–H and O–H groups in total. The van der Waals surface area contributed by atoms with Crippen molar-refractivity contribution in [1.29, 1.82) is 0 Å². The molecule has 0 aliphatic carbocycles. The first-order valence-electron chi connectivity index (χ1n) is 6.10. The first-order valence-corrected chi connectivity index (χ1v) is 6.10. The van der Waals surface area contributed by atoms with Crippen molar-refractivity contribution in [2.24, 2.45) is 0 Å². The third kappa shape index (κ3) is 5.89. The number of hydrogen-bond donors (Lipinski definition) is 0. The first-order chi connectivity index (χ1) is 7.83. The van der Waals surface area contributed by atoms with Gasteiger partial charge in [-0.3, -0.25) is 0 Å². The van der Waals surface area contributed by atoms with Crippen molar-refractivity contribution in [2.45, 2.75) is 39.4 Å². The van der Waals surface area contributed by atoms with E-state index in [1.54, 1.807) is 0 Å². The molecule has 0 saturated carbocycles. The van der Waals surface area contributed by atoms with E-state index in [1.165, 1.54) is 5.56 Å². The van der Waals surface area contributed by atoms with Crippen LogP contribution in [-0.2, 0) is 15.9 Å². The molecule has 0 heterocycles. The van der Waals surface area contributed by atoms with Crippen molar-refractivity contribution in [2.75, 3.05) is 13.2 Å². The second kappa shape index (κ2) is 8.31. The van der Waals surface area contributed by atoms with Crippen molar-refractivity contribution in [3.8, 4) is 0 Å². The van der Waals surface area contributed by atoms with E-state index < -0.39 is 0 Å². The molecule has 0 aliphatic heterocycles. The van der Waals surface area contributed by atoms with Gasteiger partial charge in [0.25, 0.3) is 0 Å². The van der Waals surface area contributed by atoms with Gasteiger partial charge in [-0.25, -0.2) is 0 Å². The van der Waals surface area contributed by atoms with Gasteiger partial charge >= 0.3 is 0 Å². The monoisotopic (exact) mass is 222 g/mol. The largest absolute Gasteiger partial charge is 0.353 e. The summed E-state index contributed by atoms with van der Waals surface area (Å²) in [5.74, 6) is 0. The molecule has 2 heteroatoms. The van der Waals surface area contributed by atoms with E-state index in [9.17, 15) is 0 Å². The van der Waals surface area contributed by atoms with Gasteiger partial charge in [-0.2, -0.15) is 0 Å². The van der Waals surface area contributed by atoms with Crippen LogP contribution in [0.4, 0.5) is 0 Å². The average Bonchev–Trinajstić information content (AvgIpc) is 2.31. The summed E-state index contributed by atoms with van der Waals surface area (Å²) in [5, 5.41) is 0. The van der Waals surface area contributed by atoms with Gasteiger partial charge in [0.2, 0.25) is 0 Å². The predicted molar refractivity (Wildman–Crippen MR) is 66.4 cm³/mol. The molecule has 2 nitrogen and oxygen atoms in total. The molecule has 0 aliphatic rings. The third-order valence-corrected chi connectivity index (χ3v) is 2.44. The molecule has 0 saturated heterocycles. The minimum Gasteiger partial charge on any atom is -0.353 e. The van der Waals surface area contributed by atoms with Crippen molar-refractivity contribution in [3.63, 3.8) is 0 Å². The summed E-state index contributed by atoms with van der Waals surface area (Å²) in [6.07, 6.45) is 3.13. The van der Waals surface area contributed by atoms with Crippen molar-refractivity contribution in [3.05, 3.63) is 35.9 Å². The van der Waals surface area contributed by atoms with Crippen LogP contribution in [0, 0.1) is 0 Å². The van der Waals surface area contributed by atoms with Gasteiger partial charge in [0.15, 0.2) is 6.29 Å². The summed E-state index contributed by atoms with van der Waals surface area (Å²) >= 11 is 0. The number of benzene rings is 1. The minimum absolute atomic E-state index is 0.0877. The van der Waals surface area contributed by atoms with E-state index in [4.69, 9.17) is 9.47 Å². The van der Waals surface area contributed by atoms with Crippen LogP contribution in [0.1, 0.15) is 32.3 Å². The summed E-state index contributed by atoms with van der Waals surface area (Å²) in [6, 6.07) is 10.4. The maximum absolute atomic E-state index is 5.57. The summed E-state index contributed by atoms with van der Waals surface area (Å²) < 4.78 is 11.1.